The monoisotopic (exact) mass is 222 g/mol. The summed E-state index contributed by atoms with van der Waals surface area (Å²) in [5.41, 5.74) is 13.5. The van der Waals surface area contributed by atoms with Crippen molar-refractivity contribution < 1.29 is 5.11 Å². The normalized spacial score (nSPS) is 16.8. The molecular formula is C13H22N2O. The first-order valence-electron chi connectivity index (χ1n) is 5.83. The van der Waals surface area contributed by atoms with Gasteiger partial charge >= 0.3 is 0 Å². The molecule has 0 aliphatic carbocycles. The molecule has 90 valence electrons. The molecule has 0 saturated carbocycles. The fourth-order valence-corrected chi connectivity index (χ4v) is 1.65. The molecule has 16 heavy (non-hydrogen) atoms. The van der Waals surface area contributed by atoms with Crippen LogP contribution in [0.2, 0.25) is 0 Å². The van der Waals surface area contributed by atoms with E-state index in [0.717, 1.165) is 12.0 Å². The van der Waals surface area contributed by atoms with Crippen LogP contribution in [0.15, 0.2) is 24.3 Å². The summed E-state index contributed by atoms with van der Waals surface area (Å²) in [7, 11) is 0. The molecule has 0 aliphatic heterocycles. The first-order valence-corrected chi connectivity index (χ1v) is 5.83. The van der Waals surface area contributed by atoms with Gasteiger partial charge in [0.05, 0.1) is 12.1 Å². The highest BCUT2D eigenvalue weighted by atomic mass is 16.3. The van der Waals surface area contributed by atoms with Crippen LogP contribution in [0.1, 0.15) is 43.4 Å². The summed E-state index contributed by atoms with van der Waals surface area (Å²) in [5, 5.41) is 9.55. The highest BCUT2D eigenvalue weighted by molar-refractivity contribution is 5.27. The van der Waals surface area contributed by atoms with Crippen LogP contribution in [0.3, 0.4) is 0 Å². The van der Waals surface area contributed by atoms with Crippen LogP contribution in [0.4, 0.5) is 0 Å². The predicted octanol–water partition coefficient (Wildman–Crippen LogP) is 1.52. The fraction of sp³-hybridized carbons (Fsp3) is 0.538. The number of hydrogen-bond acceptors (Lipinski definition) is 3. The van der Waals surface area contributed by atoms with E-state index in [0.29, 0.717) is 5.92 Å². The van der Waals surface area contributed by atoms with E-state index >= 15 is 0 Å². The largest absolute Gasteiger partial charge is 0.390 e. The van der Waals surface area contributed by atoms with Crippen LogP contribution in [-0.4, -0.2) is 17.8 Å². The van der Waals surface area contributed by atoms with Crippen molar-refractivity contribution in [1.82, 2.24) is 0 Å². The lowest BCUT2D eigenvalue weighted by Crippen LogP contribution is -2.32. The molecule has 3 heteroatoms. The molecule has 0 amide bonds. The topological polar surface area (TPSA) is 72.3 Å². The number of rotatable bonds is 5. The summed E-state index contributed by atoms with van der Waals surface area (Å²) >= 11 is 0. The van der Waals surface area contributed by atoms with Gasteiger partial charge in [-0.05, 0) is 23.5 Å². The summed E-state index contributed by atoms with van der Waals surface area (Å²) in [6, 6.07) is 7.71. The summed E-state index contributed by atoms with van der Waals surface area (Å²) < 4.78 is 0. The van der Waals surface area contributed by atoms with Crippen LogP contribution >= 0.6 is 0 Å². The SMILES string of the molecule is CCC(C)c1ccc(C(N)C(O)CN)cc1. The lowest BCUT2D eigenvalue weighted by atomic mass is 9.95. The third kappa shape index (κ3) is 3.04. The molecule has 0 bridgehead atoms. The van der Waals surface area contributed by atoms with E-state index in [1.807, 2.05) is 12.1 Å². The zero-order chi connectivity index (χ0) is 12.1. The van der Waals surface area contributed by atoms with Crippen LogP contribution < -0.4 is 11.5 Å². The molecule has 0 fully saturated rings. The highest BCUT2D eigenvalue weighted by Gasteiger charge is 2.15. The molecule has 1 aromatic rings. The van der Waals surface area contributed by atoms with Crippen LogP contribution in [0.5, 0.6) is 0 Å². The van der Waals surface area contributed by atoms with E-state index in [1.54, 1.807) is 0 Å². The minimum absolute atomic E-state index is 0.189. The molecular weight excluding hydrogens is 200 g/mol. The maximum atomic E-state index is 9.55. The van der Waals surface area contributed by atoms with Gasteiger partial charge < -0.3 is 16.6 Å². The maximum absolute atomic E-state index is 9.55. The van der Waals surface area contributed by atoms with E-state index in [9.17, 15) is 5.11 Å². The zero-order valence-electron chi connectivity index (χ0n) is 10.1. The fourth-order valence-electron chi connectivity index (χ4n) is 1.65. The molecule has 0 aliphatic rings. The Kier molecular flexibility index (Phi) is 4.93. The Morgan fingerprint density at radius 2 is 1.69 bits per heavy atom. The summed E-state index contributed by atoms with van der Waals surface area (Å²) in [5.74, 6) is 0.560. The van der Waals surface area contributed by atoms with Crippen molar-refractivity contribution in [2.75, 3.05) is 6.54 Å². The molecule has 0 heterocycles. The maximum Gasteiger partial charge on any atom is 0.0854 e. The zero-order valence-corrected chi connectivity index (χ0v) is 10.1. The van der Waals surface area contributed by atoms with Gasteiger partial charge in [-0.25, -0.2) is 0 Å². The number of benzene rings is 1. The number of aliphatic hydroxyl groups is 1. The molecule has 0 aromatic heterocycles. The van der Waals surface area contributed by atoms with Gasteiger partial charge in [0.15, 0.2) is 0 Å². The van der Waals surface area contributed by atoms with Gasteiger partial charge in [0.25, 0.3) is 0 Å². The third-order valence-corrected chi connectivity index (χ3v) is 3.16. The first-order chi connectivity index (χ1) is 7.60. The van der Waals surface area contributed by atoms with Gasteiger partial charge in [0.2, 0.25) is 0 Å². The van der Waals surface area contributed by atoms with E-state index in [4.69, 9.17) is 11.5 Å². The predicted molar refractivity (Wildman–Crippen MR) is 67.1 cm³/mol. The molecule has 0 radical (unpaired) electrons. The number of aliphatic hydroxyl groups excluding tert-OH is 1. The Morgan fingerprint density at radius 3 is 2.12 bits per heavy atom. The summed E-state index contributed by atoms with van der Waals surface area (Å²) in [6.45, 7) is 4.56. The molecule has 1 rings (SSSR count). The van der Waals surface area contributed by atoms with Gasteiger partial charge in [-0.3, -0.25) is 0 Å². The van der Waals surface area contributed by atoms with Gasteiger partial charge in [-0.2, -0.15) is 0 Å². The second kappa shape index (κ2) is 5.99. The summed E-state index contributed by atoms with van der Waals surface area (Å²) in [6.07, 6.45) is 0.450. The van der Waals surface area contributed by atoms with Crippen molar-refractivity contribution in [3.05, 3.63) is 35.4 Å². The second-order valence-corrected chi connectivity index (χ2v) is 4.30. The lowest BCUT2D eigenvalue weighted by molar-refractivity contribution is 0.153. The molecule has 0 saturated heterocycles. The van der Waals surface area contributed by atoms with E-state index < -0.39 is 12.1 Å². The third-order valence-electron chi connectivity index (χ3n) is 3.16. The van der Waals surface area contributed by atoms with Gasteiger partial charge in [-0.15, -0.1) is 0 Å². The number of nitrogens with two attached hydrogens (primary N) is 2. The van der Waals surface area contributed by atoms with Crippen molar-refractivity contribution >= 4 is 0 Å². The summed E-state index contributed by atoms with van der Waals surface area (Å²) in [4.78, 5) is 0. The van der Waals surface area contributed by atoms with Crippen molar-refractivity contribution in [3.8, 4) is 0 Å². The van der Waals surface area contributed by atoms with Gasteiger partial charge in [0.1, 0.15) is 0 Å². The van der Waals surface area contributed by atoms with E-state index in [1.165, 1.54) is 5.56 Å². The molecule has 3 nitrogen and oxygen atoms in total. The van der Waals surface area contributed by atoms with Crippen molar-refractivity contribution in [2.24, 2.45) is 11.5 Å². The van der Waals surface area contributed by atoms with Crippen molar-refractivity contribution in [2.45, 2.75) is 38.3 Å². The Hall–Kier alpha value is -0.900. The second-order valence-electron chi connectivity index (χ2n) is 4.30. The average Bonchev–Trinajstić information content (AvgIpc) is 2.36. The Balaban J connectivity index is 2.78. The lowest BCUT2D eigenvalue weighted by Gasteiger charge is -2.18. The van der Waals surface area contributed by atoms with E-state index in [2.05, 4.69) is 26.0 Å². The molecule has 5 N–H and O–H groups in total. The molecule has 3 unspecified atom stereocenters. The Morgan fingerprint density at radius 1 is 1.19 bits per heavy atom. The quantitative estimate of drug-likeness (QED) is 0.707. The van der Waals surface area contributed by atoms with E-state index in [-0.39, 0.29) is 6.54 Å². The van der Waals surface area contributed by atoms with Crippen molar-refractivity contribution in [1.29, 1.82) is 0 Å². The van der Waals surface area contributed by atoms with Gasteiger partial charge in [-0.1, -0.05) is 38.1 Å². The number of hydrogen-bond donors (Lipinski definition) is 3. The van der Waals surface area contributed by atoms with Gasteiger partial charge in [0, 0.05) is 6.54 Å². The van der Waals surface area contributed by atoms with Crippen LogP contribution in [-0.2, 0) is 0 Å². The van der Waals surface area contributed by atoms with Crippen LogP contribution in [0.25, 0.3) is 0 Å². The molecule has 0 spiro atoms. The van der Waals surface area contributed by atoms with Crippen molar-refractivity contribution in [3.63, 3.8) is 0 Å². The smallest absolute Gasteiger partial charge is 0.0854 e. The minimum atomic E-state index is -0.672. The minimum Gasteiger partial charge on any atom is -0.390 e. The standard InChI is InChI=1S/C13H22N2O/c1-3-9(2)10-4-6-11(7-5-10)13(15)12(16)8-14/h4-7,9,12-13,16H,3,8,14-15H2,1-2H3. The first kappa shape index (κ1) is 13.2. The molecule has 3 atom stereocenters. The van der Waals surface area contributed by atoms with Crippen LogP contribution in [0, 0.1) is 0 Å². The highest BCUT2D eigenvalue weighted by Crippen LogP contribution is 2.21. The Bertz CT molecular complexity index is 310. The average molecular weight is 222 g/mol. The Labute approximate surface area is 97.5 Å². The molecule has 1 aromatic carbocycles.